The molecule has 3 aromatic rings. The number of ether oxygens (including phenoxy) is 2. The molecular weight excluding hydrogens is 274 g/mol. The highest BCUT2D eigenvalue weighted by atomic mass is 16.7. The summed E-state index contributed by atoms with van der Waals surface area (Å²) in [6, 6.07) is 8.62. The first-order valence-electron chi connectivity index (χ1n) is 8.03. The lowest BCUT2D eigenvalue weighted by Crippen LogP contribution is -2.00. The van der Waals surface area contributed by atoms with Gasteiger partial charge in [0.2, 0.25) is 6.79 Å². The molecule has 1 fully saturated rings. The molecule has 1 aromatic heterocycles. The smallest absolute Gasteiger partial charge is 0.231 e. The van der Waals surface area contributed by atoms with Crippen LogP contribution in [0.1, 0.15) is 42.2 Å². The maximum absolute atomic E-state index is 5.55. The van der Waals surface area contributed by atoms with Gasteiger partial charge in [0.15, 0.2) is 11.5 Å². The van der Waals surface area contributed by atoms with E-state index in [-0.39, 0.29) is 0 Å². The van der Waals surface area contributed by atoms with Crippen molar-refractivity contribution >= 4 is 21.7 Å². The van der Waals surface area contributed by atoms with Gasteiger partial charge >= 0.3 is 0 Å². The Morgan fingerprint density at radius 3 is 2.77 bits per heavy atom. The maximum atomic E-state index is 5.55. The van der Waals surface area contributed by atoms with E-state index in [2.05, 4.69) is 30.5 Å². The fourth-order valence-corrected chi connectivity index (χ4v) is 4.72. The van der Waals surface area contributed by atoms with Crippen molar-refractivity contribution in [2.24, 2.45) is 0 Å². The highest BCUT2D eigenvalue weighted by molar-refractivity contribution is 6.07. The third-order valence-corrected chi connectivity index (χ3v) is 5.70. The minimum Gasteiger partial charge on any atom is -0.454 e. The summed E-state index contributed by atoms with van der Waals surface area (Å²) in [5.41, 5.74) is 4.19. The molecule has 2 heterocycles. The molecule has 2 aliphatic carbocycles. The summed E-state index contributed by atoms with van der Waals surface area (Å²) in [6.07, 6.45) is 6.15. The Kier molecular flexibility index (Phi) is 1.91. The predicted octanol–water partition coefficient (Wildman–Crippen LogP) is 4.48. The van der Waals surface area contributed by atoms with Crippen LogP contribution in [0.25, 0.3) is 21.7 Å². The minimum absolute atomic E-state index is 0.316. The molecule has 6 rings (SSSR count). The van der Waals surface area contributed by atoms with Crippen LogP contribution in [0.15, 0.2) is 30.5 Å². The van der Waals surface area contributed by atoms with Crippen LogP contribution in [0.2, 0.25) is 0 Å². The molecule has 2 atom stereocenters. The number of rotatable bonds is 0. The second kappa shape index (κ2) is 3.72. The third kappa shape index (κ3) is 1.26. The number of pyridine rings is 1. The monoisotopic (exact) mass is 289 g/mol. The van der Waals surface area contributed by atoms with Crippen LogP contribution in [0, 0.1) is 0 Å². The molecule has 2 unspecified atom stereocenters. The molecule has 0 saturated heterocycles. The third-order valence-electron chi connectivity index (χ3n) is 5.70. The van der Waals surface area contributed by atoms with Crippen molar-refractivity contribution in [3.8, 4) is 11.5 Å². The Morgan fingerprint density at radius 2 is 1.82 bits per heavy atom. The summed E-state index contributed by atoms with van der Waals surface area (Å²) in [5.74, 6) is 3.18. The van der Waals surface area contributed by atoms with E-state index in [1.54, 1.807) is 5.56 Å². The average molecular weight is 289 g/mol. The van der Waals surface area contributed by atoms with Crippen molar-refractivity contribution in [2.45, 2.75) is 31.1 Å². The Bertz CT molecular complexity index is 963. The molecule has 1 aliphatic heterocycles. The summed E-state index contributed by atoms with van der Waals surface area (Å²) in [4.78, 5) is 4.83. The van der Waals surface area contributed by atoms with E-state index in [9.17, 15) is 0 Å². The van der Waals surface area contributed by atoms with E-state index in [1.807, 2.05) is 0 Å². The SMILES string of the molecule is c1nc2c(ccc3cc4c(cc32)OCO4)c2c1C1CCC2C1. The van der Waals surface area contributed by atoms with Crippen LogP contribution >= 0.6 is 0 Å². The first kappa shape index (κ1) is 11.3. The molecule has 0 spiro atoms. The molecule has 0 N–H and O–H groups in total. The van der Waals surface area contributed by atoms with E-state index in [0.717, 1.165) is 28.9 Å². The summed E-state index contributed by atoms with van der Waals surface area (Å²) in [6.45, 7) is 0.316. The maximum Gasteiger partial charge on any atom is 0.231 e. The second-order valence-electron chi connectivity index (χ2n) is 6.72. The van der Waals surface area contributed by atoms with Crippen molar-refractivity contribution < 1.29 is 9.47 Å². The summed E-state index contributed by atoms with van der Waals surface area (Å²) in [7, 11) is 0. The van der Waals surface area contributed by atoms with E-state index in [4.69, 9.17) is 14.5 Å². The highest BCUT2D eigenvalue weighted by Crippen LogP contribution is 2.55. The van der Waals surface area contributed by atoms with Gasteiger partial charge in [-0.2, -0.15) is 0 Å². The van der Waals surface area contributed by atoms with Gasteiger partial charge in [0, 0.05) is 17.0 Å². The quantitative estimate of drug-likeness (QED) is 0.572. The van der Waals surface area contributed by atoms with Crippen LogP contribution in [0.4, 0.5) is 0 Å². The van der Waals surface area contributed by atoms with Gasteiger partial charge in [0.05, 0.1) is 5.52 Å². The van der Waals surface area contributed by atoms with E-state index >= 15 is 0 Å². The zero-order chi connectivity index (χ0) is 14.3. The number of hydrogen-bond acceptors (Lipinski definition) is 3. The van der Waals surface area contributed by atoms with Crippen molar-refractivity contribution in [1.82, 2.24) is 4.98 Å². The number of hydrogen-bond donors (Lipinski definition) is 0. The van der Waals surface area contributed by atoms with Crippen molar-refractivity contribution in [3.63, 3.8) is 0 Å². The van der Waals surface area contributed by atoms with Gasteiger partial charge in [0.25, 0.3) is 0 Å². The molecule has 0 amide bonds. The number of fused-ring (bicyclic) bond motifs is 10. The lowest BCUT2D eigenvalue weighted by atomic mass is 9.89. The fraction of sp³-hybridized carbons (Fsp3) is 0.316. The lowest BCUT2D eigenvalue weighted by Gasteiger charge is -2.17. The number of benzene rings is 2. The van der Waals surface area contributed by atoms with E-state index in [1.165, 1.54) is 41.0 Å². The van der Waals surface area contributed by atoms with Crippen molar-refractivity contribution in [2.75, 3.05) is 6.79 Å². The molecule has 22 heavy (non-hydrogen) atoms. The van der Waals surface area contributed by atoms with Gasteiger partial charge in [-0.3, -0.25) is 4.98 Å². The summed E-state index contributed by atoms with van der Waals surface area (Å²) >= 11 is 0. The van der Waals surface area contributed by atoms with Gasteiger partial charge in [-0.25, -0.2) is 0 Å². The van der Waals surface area contributed by atoms with Crippen LogP contribution < -0.4 is 9.47 Å². The average Bonchev–Trinajstić information content (AvgIpc) is 3.27. The van der Waals surface area contributed by atoms with Gasteiger partial charge in [-0.15, -0.1) is 0 Å². The van der Waals surface area contributed by atoms with Crippen molar-refractivity contribution in [3.05, 3.63) is 41.6 Å². The molecule has 2 aromatic carbocycles. The van der Waals surface area contributed by atoms with Gasteiger partial charge < -0.3 is 9.47 Å². The van der Waals surface area contributed by atoms with Crippen LogP contribution in [0.3, 0.4) is 0 Å². The van der Waals surface area contributed by atoms with Gasteiger partial charge in [-0.1, -0.05) is 12.1 Å². The molecule has 1 saturated carbocycles. The van der Waals surface area contributed by atoms with Crippen LogP contribution in [-0.2, 0) is 0 Å². The normalized spacial score (nSPS) is 24.4. The van der Waals surface area contributed by atoms with Crippen molar-refractivity contribution in [1.29, 1.82) is 0 Å². The predicted molar refractivity (Wildman–Crippen MR) is 84.7 cm³/mol. The molecular formula is C19H15NO2. The standard InChI is InChI=1S/C19H15NO2/c1-2-12-5-10(1)15-8-20-19-13(18(12)15)4-3-11-6-16-17(7-14(11)19)22-9-21-16/h3-4,6-8,10,12H,1-2,5,9H2. The van der Waals surface area contributed by atoms with E-state index < -0.39 is 0 Å². The summed E-state index contributed by atoms with van der Waals surface area (Å²) < 4.78 is 11.0. The molecule has 2 bridgehead atoms. The van der Waals surface area contributed by atoms with Crippen LogP contribution in [-0.4, -0.2) is 11.8 Å². The zero-order valence-electron chi connectivity index (χ0n) is 12.1. The fourth-order valence-electron chi connectivity index (χ4n) is 4.72. The molecule has 108 valence electrons. The molecule has 0 radical (unpaired) electrons. The van der Waals surface area contributed by atoms with Crippen LogP contribution in [0.5, 0.6) is 11.5 Å². The summed E-state index contributed by atoms with van der Waals surface area (Å²) in [5, 5.41) is 3.69. The number of aromatic nitrogens is 1. The Morgan fingerprint density at radius 1 is 0.955 bits per heavy atom. The largest absolute Gasteiger partial charge is 0.454 e. The first-order chi connectivity index (χ1) is 10.9. The highest BCUT2D eigenvalue weighted by Gasteiger charge is 2.38. The van der Waals surface area contributed by atoms with E-state index in [0.29, 0.717) is 6.79 Å². The zero-order valence-corrected chi connectivity index (χ0v) is 12.1. The van der Waals surface area contributed by atoms with Gasteiger partial charge in [-0.05, 0) is 59.7 Å². The topological polar surface area (TPSA) is 31.4 Å². The Balaban J connectivity index is 1.73. The molecule has 3 aliphatic rings. The van der Waals surface area contributed by atoms with Gasteiger partial charge in [0.1, 0.15) is 0 Å². The first-order valence-corrected chi connectivity index (χ1v) is 8.03. The Hall–Kier alpha value is -2.29. The molecule has 3 nitrogen and oxygen atoms in total. The lowest BCUT2D eigenvalue weighted by molar-refractivity contribution is 0.174. The Labute approximate surface area is 127 Å². The number of nitrogens with zero attached hydrogens (tertiary/aromatic N) is 1. The molecule has 3 heteroatoms. The minimum atomic E-state index is 0.316. The second-order valence-corrected chi connectivity index (χ2v) is 6.72.